The van der Waals surface area contributed by atoms with Crippen LogP contribution in [0, 0.1) is 5.82 Å². The van der Waals surface area contributed by atoms with Crippen molar-refractivity contribution in [2.45, 2.75) is 33.8 Å². The second-order valence-electron chi connectivity index (χ2n) is 7.62. The van der Waals surface area contributed by atoms with Crippen molar-refractivity contribution in [2.75, 3.05) is 13.1 Å². The fourth-order valence-corrected chi connectivity index (χ4v) is 6.74. The molecular weight excluding hydrogens is 510 g/mol. The highest BCUT2D eigenvalue weighted by Gasteiger charge is 2.74. The fourth-order valence-electron chi connectivity index (χ4n) is 4.19. The second kappa shape index (κ2) is 7.19. The molecule has 0 radical (unpaired) electrons. The van der Waals surface area contributed by atoms with Crippen LogP contribution in [0.1, 0.15) is 11.1 Å². The largest absolute Gasteiger partial charge is 0.487 e. The Bertz CT molecular complexity index is 1180. The van der Waals surface area contributed by atoms with Gasteiger partial charge < -0.3 is 4.74 Å². The minimum atomic E-state index is -6.35. The monoisotopic (exact) mass is 521 g/mol. The van der Waals surface area contributed by atoms with Crippen LogP contribution in [0.5, 0.6) is 5.75 Å². The molecule has 0 amide bonds. The zero-order valence-corrected chi connectivity index (χ0v) is 17.6. The number of benzene rings is 2. The molecule has 180 valence electrons. The third-order valence-electron chi connectivity index (χ3n) is 5.78. The molecule has 2 aliphatic heterocycles. The lowest BCUT2D eigenvalue weighted by Crippen LogP contribution is -2.50. The zero-order chi connectivity index (χ0) is 24.6. The first-order valence-electron chi connectivity index (χ1n) is 9.10. The van der Waals surface area contributed by atoms with Gasteiger partial charge in [0.25, 0.3) is 0 Å². The van der Waals surface area contributed by atoms with Crippen LogP contribution < -0.4 is 4.74 Å². The number of sulfone groups is 1. The van der Waals surface area contributed by atoms with Gasteiger partial charge in [-0.25, -0.2) is 21.6 Å². The molecule has 1 fully saturated rings. The van der Waals surface area contributed by atoms with Crippen LogP contribution in [0.4, 0.5) is 35.1 Å². The van der Waals surface area contributed by atoms with Gasteiger partial charge in [-0.3, -0.25) is 0 Å². The fraction of sp³-hybridized carbons (Fsp3) is 0.368. The quantitative estimate of drug-likeness (QED) is 0.323. The van der Waals surface area contributed by atoms with E-state index in [-0.39, 0.29) is 29.1 Å². The Morgan fingerprint density at radius 2 is 1.55 bits per heavy atom. The van der Waals surface area contributed by atoms with Crippen molar-refractivity contribution >= 4 is 21.6 Å². The Morgan fingerprint density at radius 3 is 2.09 bits per heavy atom. The van der Waals surface area contributed by atoms with Gasteiger partial charge in [-0.2, -0.15) is 26.3 Å². The van der Waals surface area contributed by atoms with E-state index in [2.05, 4.69) is 0 Å². The van der Waals surface area contributed by atoms with E-state index in [4.69, 9.17) is 16.5 Å². The van der Waals surface area contributed by atoms with Crippen LogP contribution in [0.15, 0.2) is 47.4 Å². The van der Waals surface area contributed by atoms with Gasteiger partial charge in [-0.05, 0) is 42.1 Å². The first kappa shape index (κ1) is 24.0. The first-order valence-corrected chi connectivity index (χ1v) is 10.9. The van der Waals surface area contributed by atoms with Crippen LogP contribution >= 0.6 is 11.8 Å². The summed E-state index contributed by atoms with van der Waals surface area (Å²) < 4.78 is 138. The Kier molecular flexibility index (Phi) is 5.23. The summed E-state index contributed by atoms with van der Waals surface area (Å²) in [6, 6.07) is 4.75. The number of fused-ring (bicyclic) bond motifs is 3. The van der Waals surface area contributed by atoms with E-state index in [9.17, 15) is 43.5 Å². The van der Waals surface area contributed by atoms with E-state index in [1.54, 1.807) is 0 Å². The molecule has 14 heteroatoms. The predicted octanol–water partition coefficient (Wildman–Crippen LogP) is 5.01. The van der Waals surface area contributed by atoms with Gasteiger partial charge in [0.15, 0.2) is 14.6 Å². The maximum absolute atomic E-state index is 14.5. The number of ether oxygens (including phenoxy) is 1. The van der Waals surface area contributed by atoms with Crippen LogP contribution in [0.2, 0.25) is 0 Å². The van der Waals surface area contributed by atoms with Crippen LogP contribution in [0.25, 0.3) is 0 Å². The van der Waals surface area contributed by atoms with Gasteiger partial charge in [-0.1, -0.05) is 12.1 Å². The van der Waals surface area contributed by atoms with Crippen molar-refractivity contribution in [3.8, 4) is 5.75 Å². The van der Waals surface area contributed by atoms with Gasteiger partial charge in [0.2, 0.25) is 0 Å². The molecule has 0 bridgehead atoms. The Morgan fingerprint density at radius 1 is 0.970 bits per heavy atom. The molecule has 33 heavy (non-hydrogen) atoms. The topological polar surface area (TPSA) is 46.6 Å². The van der Waals surface area contributed by atoms with Crippen molar-refractivity contribution in [3.05, 3.63) is 59.4 Å². The van der Waals surface area contributed by atoms with Crippen molar-refractivity contribution < 1.29 is 48.3 Å². The molecule has 2 aromatic carbocycles. The summed E-state index contributed by atoms with van der Waals surface area (Å²) in [5, 5.41) is 0. The molecule has 2 heterocycles. The van der Waals surface area contributed by atoms with E-state index in [0.717, 1.165) is 28.7 Å². The lowest BCUT2D eigenvalue weighted by Gasteiger charge is -2.31. The highest BCUT2D eigenvalue weighted by molar-refractivity contribution is 7.92. The maximum atomic E-state index is 14.5. The summed E-state index contributed by atoms with van der Waals surface area (Å²) in [4.78, 5) is -0.369. The Hall–Kier alpha value is -2.12. The molecular formula is C19H12ClF8NO3S. The minimum absolute atomic E-state index is 0.204. The minimum Gasteiger partial charge on any atom is -0.487 e. The van der Waals surface area contributed by atoms with E-state index in [0.29, 0.717) is 6.07 Å². The van der Waals surface area contributed by atoms with E-state index in [1.807, 2.05) is 0 Å². The summed E-state index contributed by atoms with van der Waals surface area (Å²) in [6.45, 7) is -0.699. The third-order valence-corrected chi connectivity index (χ3v) is 8.50. The van der Waals surface area contributed by atoms with Crippen molar-refractivity contribution in [2.24, 2.45) is 0 Å². The van der Waals surface area contributed by atoms with Crippen molar-refractivity contribution in [1.82, 2.24) is 4.42 Å². The molecule has 0 saturated carbocycles. The van der Waals surface area contributed by atoms with E-state index >= 15 is 0 Å². The molecule has 0 spiro atoms. The van der Waals surface area contributed by atoms with E-state index < -0.39 is 62.4 Å². The number of hydrogen-bond acceptors (Lipinski definition) is 4. The molecule has 2 aliphatic rings. The number of rotatable bonds is 3. The summed E-state index contributed by atoms with van der Waals surface area (Å²) in [5.41, 5.74) is -7.80. The molecule has 4 rings (SSSR count). The lowest BCUT2D eigenvalue weighted by atomic mass is 9.90. The van der Waals surface area contributed by atoms with Gasteiger partial charge in [0, 0.05) is 17.7 Å². The third kappa shape index (κ3) is 3.22. The average Bonchev–Trinajstić information content (AvgIpc) is 3.17. The molecule has 2 atom stereocenters. The summed E-state index contributed by atoms with van der Waals surface area (Å²) in [5.74, 6) is -1.39. The Labute approximate surface area is 186 Å². The summed E-state index contributed by atoms with van der Waals surface area (Å²) in [7, 11) is -4.46. The lowest BCUT2D eigenvalue weighted by molar-refractivity contribution is -0.348. The van der Waals surface area contributed by atoms with Crippen LogP contribution in [0.3, 0.4) is 0 Å². The van der Waals surface area contributed by atoms with Crippen LogP contribution in [-0.2, 0) is 20.3 Å². The molecule has 2 unspecified atom stereocenters. The van der Waals surface area contributed by atoms with Crippen molar-refractivity contribution in [3.63, 3.8) is 0 Å². The van der Waals surface area contributed by atoms with Crippen molar-refractivity contribution in [1.29, 1.82) is 0 Å². The molecule has 0 N–H and O–H groups in total. The predicted molar refractivity (Wildman–Crippen MR) is 98.4 cm³/mol. The SMILES string of the molecule is O=S(=O)(c1ccc(F)cc1)C12CN(Cl)CC1Oc1cc(C(F)(C(F)(F)F)C(F)(F)F)ccc12. The average molecular weight is 522 g/mol. The highest BCUT2D eigenvalue weighted by Crippen LogP contribution is 2.57. The van der Waals surface area contributed by atoms with Gasteiger partial charge in [0.1, 0.15) is 17.7 Å². The first-order chi connectivity index (χ1) is 15.1. The molecule has 0 aliphatic carbocycles. The van der Waals surface area contributed by atoms with E-state index in [1.165, 1.54) is 0 Å². The van der Waals surface area contributed by atoms with Crippen LogP contribution in [-0.4, -0.2) is 44.4 Å². The normalized spacial score (nSPS) is 23.8. The zero-order valence-electron chi connectivity index (χ0n) is 16.0. The summed E-state index contributed by atoms with van der Waals surface area (Å²) in [6.07, 6.45) is -14.0. The molecule has 1 saturated heterocycles. The smallest absolute Gasteiger partial charge is 0.435 e. The van der Waals surface area contributed by atoms with Gasteiger partial charge in [-0.15, -0.1) is 0 Å². The molecule has 4 nitrogen and oxygen atoms in total. The Balaban J connectivity index is 1.91. The number of hydrogen-bond donors (Lipinski definition) is 0. The standard InChI is InChI=1S/C19H12ClF8NO3S/c20-29-8-15-16(9-29,33(30,31)12-4-2-11(21)3-5-12)13-6-1-10(7-14(13)32-15)17(22,18(23,24)25)19(26,27)28/h1-7,15H,8-9H2. The number of alkyl halides is 7. The molecule has 0 aromatic heterocycles. The second-order valence-corrected chi connectivity index (χ2v) is 10.3. The highest BCUT2D eigenvalue weighted by atomic mass is 35.5. The van der Waals surface area contributed by atoms with Gasteiger partial charge >= 0.3 is 18.0 Å². The van der Waals surface area contributed by atoms with Gasteiger partial charge in [0.05, 0.1) is 11.4 Å². The number of nitrogens with zero attached hydrogens (tertiary/aromatic N) is 1. The summed E-state index contributed by atoms with van der Waals surface area (Å²) >= 11 is 5.98. The molecule has 2 aromatic rings. The maximum Gasteiger partial charge on any atom is 0.435 e. The number of halogens is 9.